The Balaban J connectivity index is 1.63. The number of hydrogen-bond donors (Lipinski definition) is 1. The number of carboxylic acid groups (broad SMARTS) is 1. The van der Waals surface area contributed by atoms with Crippen molar-refractivity contribution >= 4 is 27.8 Å². The summed E-state index contributed by atoms with van der Waals surface area (Å²) in [7, 11) is 0. The van der Waals surface area contributed by atoms with Gasteiger partial charge in [0.05, 0.1) is 18.2 Å². The Labute approximate surface area is 144 Å². The van der Waals surface area contributed by atoms with Crippen LogP contribution in [0.1, 0.15) is 61.9 Å². The molecule has 1 saturated heterocycles. The van der Waals surface area contributed by atoms with Gasteiger partial charge < -0.3 is 14.6 Å². The van der Waals surface area contributed by atoms with Crippen LogP contribution in [-0.4, -0.2) is 39.8 Å². The lowest BCUT2D eigenvalue weighted by molar-refractivity contribution is -0.178. The number of hydrogen-bond acceptors (Lipinski definition) is 5. The second-order valence-corrected chi connectivity index (χ2v) is 7.99. The summed E-state index contributed by atoms with van der Waals surface area (Å²) in [6.07, 6.45) is 4.48. The van der Waals surface area contributed by atoms with Crippen molar-refractivity contribution < 1.29 is 19.4 Å². The fourth-order valence-electron chi connectivity index (χ4n) is 3.77. The molecule has 0 radical (unpaired) electrons. The fourth-order valence-corrected chi connectivity index (χ4v) is 4.99. The number of ether oxygens (including phenoxy) is 2. The molecular formula is C17H22N2O4S. The maximum atomic E-state index is 11.5. The predicted octanol–water partition coefficient (Wildman–Crippen LogP) is 4.15. The summed E-state index contributed by atoms with van der Waals surface area (Å²) in [4.78, 5) is 17.1. The molecule has 4 rings (SSSR count). The zero-order chi connectivity index (χ0) is 16.9. The van der Waals surface area contributed by atoms with E-state index >= 15 is 0 Å². The fraction of sp³-hybridized carbons (Fsp3) is 0.647. The van der Waals surface area contributed by atoms with Gasteiger partial charge in [0.25, 0.3) is 0 Å². The summed E-state index contributed by atoms with van der Waals surface area (Å²) < 4.78 is 12.9. The lowest BCUT2D eigenvalue weighted by Crippen LogP contribution is -2.34. The van der Waals surface area contributed by atoms with E-state index in [0.29, 0.717) is 19.1 Å². The predicted molar refractivity (Wildman–Crippen MR) is 91.0 cm³/mol. The van der Waals surface area contributed by atoms with Gasteiger partial charge in [-0.25, -0.2) is 14.3 Å². The van der Waals surface area contributed by atoms with Crippen molar-refractivity contribution in [2.24, 2.45) is 0 Å². The van der Waals surface area contributed by atoms with Crippen LogP contribution >= 0.6 is 11.3 Å². The van der Waals surface area contributed by atoms with Gasteiger partial charge in [-0.15, -0.1) is 0 Å². The monoisotopic (exact) mass is 350 g/mol. The van der Waals surface area contributed by atoms with E-state index in [-0.39, 0.29) is 11.7 Å². The van der Waals surface area contributed by atoms with E-state index in [0.717, 1.165) is 46.6 Å². The van der Waals surface area contributed by atoms with Crippen molar-refractivity contribution in [3.05, 3.63) is 16.8 Å². The lowest BCUT2D eigenvalue weighted by Gasteiger charge is -2.34. The Morgan fingerprint density at radius 3 is 2.62 bits per heavy atom. The van der Waals surface area contributed by atoms with Crippen molar-refractivity contribution in [2.75, 3.05) is 13.2 Å². The molecule has 6 nitrogen and oxygen atoms in total. The molecule has 130 valence electrons. The maximum Gasteiger partial charge on any atom is 0.416 e. The van der Waals surface area contributed by atoms with Crippen LogP contribution < -0.4 is 0 Å². The molecule has 2 aromatic rings. The zero-order valence-electron chi connectivity index (χ0n) is 13.9. The van der Waals surface area contributed by atoms with Gasteiger partial charge in [0.2, 0.25) is 0 Å². The van der Waals surface area contributed by atoms with Gasteiger partial charge in [0.1, 0.15) is 10.3 Å². The molecule has 0 bridgehead atoms. The Kier molecular flexibility index (Phi) is 3.89. The highest BCUT2D eigenvalue weighted by atomic mass is 32.1. The van der Waals surface area contributed by atoms with Crippen LogP contribution in [0.5, 0.6) is 0 Å². The standard InChI is InChI=1S/C17H22N2O4S/c1-10(2)12-9-19(16(20)21)15-13(12)18-14(24-15)11-3-5-17(6-4-11)22-7-8-23-17/h9-11H,3-8H2,1-2H3,(H,20,21). The Morgan fingerprint density at radius 1 is 1.38 bits per heavy atom. The molecule has 2 aliphatic rings. The number of aromatic nitrogens is 2. The SMILES string of the molecule is CC(C)c1cn(C(=O)O)c2sc(C3CCC4(CC3)OCCO4)nc12. The molecule has 1 spiro atoms. The first kappa shape index (κ1) is 16.1. The highest BCUT2D eigenvalue weighted by Crippen LogP contribution is 2.44. The number of thiazole rings is 1. The molecule has 3 heterocycles. The summed E-state index contributed by atoms with van der Waals surface area (Å²) in [5.74, 6) is 0.244. The normalized spacial score (nSPS) is 21.3. The van der Waals surface area contributed by atoms with E-state index in [1.807, 2.05) is 0 Å². The van der Waals surface area contributed by atoms with Crippen LogP contribution in [0.25, 0.3) is 10.3 Å². The third-order valence-electron chi connectivity index (χ3n) is 5.12. The number of rotatable bonds is 2. The molecular weight excluding hydrogens is 328 g/mol. The van der Waals surface area contributed by atoms with Crippen molar-refractivity contribution in [1.82, 2.24) is 9.55 Å². The van der Waals surface area contributed by atoms with E-state index in [1.165, 1.54) is 15.9 Å². The molecule has 1 aliphatic heterocycles. The molecule has 1 N–H and O–H groups in total. The molecule has 0 aromatic carbocycles. The minimum absolute atomic E-state index is 0.248. The number of nitrogens with zero attached hydrogens (tertiary/aromatic N) is 2. The van der Waals surface area contributed by atoms with Crippen LogP contribution in [0.15, 0.2) is 6.20 Å². The first-order chi connectivity index (χ1) is 11.5. The van der Waals surface area contributed by atoms with Gasteiger partial charge in [-0.3, -0.25) is 0 Å². The molecule has 7 heteroatoms. The molecule has 1 saturated carbocycles. The largest absolute Gasteiger partial charge is 0.464 e. The van der Waals surface area contributed by atoms with Crippen molar-refractivity contribution in [3.63, 3.8) is 0 Å². The van der Waals surface area contributed by atoms with Crippen LogP contribution in [0, 0.1) is 0 Å². The van der Waals surface area contributed by atoms with E-state index in [4.69, 9.17) is 14.5 Å². The van der Waals surface area contributed by atoms with Crippen LogP contribution in [-0.2, 0) is 9.47 Å². The Morgan fingerprint density at radius 2 is 2.04 bits per heavy atom. The summed E-state index contributed by atoms with van der Waals surface area (Å²) in [6.45, 7) is 5.51. The molecule has 24 heavy (non-hydrogen) atoms. The van der Waals surface area contributed by atoms with Crippen molar-refractivity contribution in [3.8, 4) is 0 Å². The third kappa shape index (κ3) is 2.55. The number of fused-ring (bicyclic) bond motifs is 1. The highest BCUT2D eigenvalue weighted by molar-refractivity contribution is 7.18. The smallest absolute Gasteiger partial charge is 0.416 e. The first-order valence-electron chi connectivity index (χ1n) is 8.52. The average Bonchev–Trinajstić information content (AvgIpc) is 3.22. The summed E-state index contributed by atoms with van der Waals surface area (Å²) in [5.41, 5.74) is 1.85. The summed E-state index contributed by atoms with van der Waals surface area (Å²) in [5, 5.41) is 10.5. The Bertz CT molecular complexity index is 763. The summed E-state index contributed by atoms with van der Waals surface area (Å²) in [6, 6.07) is 0. The second-order valence-electron chi connectivity index (χ2n) is 6.98. The topological polar surface area (TPSA) is 73.6 Å². The van der Waals surface area contributed by atoms with Gasteiger partial charge >= 0.3 is 6.09 Å². The van der Waals surface area contributed by atoms with E-state index < -0.39 is 6.09 Å². The van der Waals surface area contributed by atoms with Gasteiger partial charge in [-0.05, 0) is 18.8 Å². The Hall–Kier alpha value is -1.44. The lowest BCUT2D eigenvalue weighted by atomic mass is 9.85. The van der Waals surface area contributed by atoms with E-state index in [2.05, 4.69) is 13.8 Å². The van der Waals surface area contributed by atoms with Gasteiger partial charge in [0.15, 0.2) is 5.79 Å². The first-order valence-corrected chi connectivity index (χ1v) is 9.34. The number of carbonyl (C=O) groups is 1. The molecule has 1 aliphatic carbocycles. The molecule has 2 fully saturated rings. The third-order valence-corrected chi connectivity index (χ3v) is 6.34. The highest BCUT2D eigenvalue weighted by Gasteiger charge is 2.41. The van der Waals surface area contributed by atoms with Gasteiger partial charge in [0, 0.05) is 30.5 Å². The van der Waals surface area contributed by atoms with Gasteiger partial charge in [-0.1, -0.05) is 25.2 Å². The molecule has 0 amide bonds. The quantitative estimate of drug-likeness (QED) is 0.881. The zero-order valence-corrected chi connectivity index (χ0v) is 14.8. The van der Waals surface area contributed by atoms with E-state index in [1.54, 1.807) is 6.20 Å². The van der Waals surface area contributed by atoms with Crippen LogP contribution in [0.2, 0.25) is 0 Å². The molecule has 0 atom stereocenters. The second kappa shape index (κ2) is 5.82. The summed E-state index contributed by atoms with van der Waals surface area (Å²) >= 11 is 1.52. The average molecular weight is 350 g/mol. The van der Waals surface area contributed by atoms with Crippen molar-refractivity contribution in [1.29, 1.82) is 0 Å². The van der Waals surface area contributed by atoms with Gasteiger partial charge in [-0.2, -0.15) is 0 Å². The maximum absolute atomic E-state index is 11.5. The van der Waals surface area contributed by atoms with Crippen LogP contribution in [0.3, 0.4) is 0 Å². The molecule has 2 aromatic heterocycles. The van der Waals surface area contributed by atoms with Crippen molar-refractivity contribution in [2.45, 2.75) is 57.2 Å². The minimum atomic E-state index is -0.947. The minimum Gasteiger partial charge on any atom is -0.464 e. The van der Waals surface area contributed by atoms with E-state index in [9.17, 15) is 9.90 Å². The molecule has 0 unspecified atom stereocenters. The van der Waals surface area contributed by atoms with Crippen LogP contribution in [0.4, 0.5) is 4.79 Å².